The summed E-state index contributed by atoms with van der Waals surface area (Å²) < 4.78 is 1.98. The van der Waals surface area contributed by atoms with Crippen LogP contribution in [0.3, 0.4) is 0 Å². The standard InChI is InChI=1S/C25H34N4O/c1-4-23-22(25-27-17(2)15-18(3)29(25)28-23)16-20-7-5-19(6-8-20)9-10-24(30)21-11-13-26-14-12-21/h5-8,15,21,24,26,30H,4,9-14,16H2,1-3H3. The first-order chi connectivity index (χ1) is 14.5. The van der Waals surface area contributed by atoms with Gasteiger partial charge in [-0.15, -0.1) is 0 Å². The number of aliphatic hydroxyl groups excluding tert-OH is 1. The molecule has 0 bridgehead atoms. The third-order valence-electron chi connectivity index (χ3n) is 6.47. The second-order valence-corrected chi connectivity index (χ2v) is 8.74. The van der Waals surface area contributed by atoms with Crippen LogP contribution in [0.5, 0.6) is 0 Å². The summed E-state index contributed by atoms with van der Waals surface area (Å²) in [5, 5.41) is 18.7. The number of hydrogen-bond acceptors (Lipinski definition) is 4. The summed E-state index contributed by atoms with van der Waals surface area (Å²) in [6.07, 6.45) is 5.53. The van der Waals surface area contributed by atoms with Gasteiger partial charge in [-0.25, -0.2) is 9.50 Å². The molecule has 0 spiro atoms. The van der Waals surface area contributed by atoms with Crippen molar-refractivity contribution in [3.8, 4) is 0 Å². The van der Waals surface area contributed by atoms with Gasteiger partial charge in [-0.1, -0.05) is 31.2 Å². The normalized spacial score (nSPS) is 16.3. The second kappa shape index (κ2) is 9.27. The molecule has 0 saturated carbocycles. The highest BCUT2D eigenvalue weighted by atomic mass is 16.3. The van der Waals surface area contributed by atoms with Crippen molar-refractivity contribution in [1.29, 1.82) is 0 Å². The Kier molecular flexibility index (Phi) is 6.49. The first-order valence-corrected chi connectivity index (χ1v) is 11.4. The fraction of sp³-hybridized carbons (Fsp3) is 0.520. The van der Waals surface area contributed by atoms with E-state index in [-0.39, 0.29) is 6.10 Å². The fourth-order valence-corrected chi connectivity index (χ4v) is 4.68. The van der Waals surface area contributed by atoms with Gasteiger partial charge in [-0.2, -0.15) is 5.10 Å². The van der Waals surface area contributed by atoms with Gasteiger partial charge in [0.05, 0.1) is 11.8 Å². The van der Waals surface area contributed by atoms with Gasteiger partial charge in [-0.05, 0) is 82.2 Å². The quantitative estimate of drug-likeness (QED) is 0.627. The van der Waals surface area contributed by atoms with Crippen LogP contribution in [0, 0.1) is 19.8 Å². The summed E-state index contributed by atoms with van der Waals surface area (Å²) in [6.45, 7) is 8.36. The van der Waals surface area contributed by atoms with Crippen LogP contribution in [0.4, 0.5) is 0 Å². The van der Waals surface area contributed by atoms with Crippen LogP contribution in [-0.2, 0) is 19.3 Å². The summed E-state index contributed by atoms with van der Waals surface area (Å²) in [5.41, 5.74) is 8.09. The summed E-state index contributed by atoms with van der Waals surface area (Å²) >= 11 is 0. The van der Waals surface area contributed by atoms with E-state index in [4.69, 9.17) is 10.1 Å². The zero-order valence-electron chi connectivity index (χ0n) is 18.5. The maximum atomic E-state index is 10.5. The molecular formula is C25H34N4O. The minimum atomic E-state index is -0.185. The molecule has 1 aromatic carbocycles. The highest BCUT2D eigenvalue weighted by molar-refractivity contribution is 5.53. The number of rotatable bonds is 7. The number of piperidine rings is 1. The van der Waals surface area contributed by atoms with Crippen molar-refractivity contribution in [2.24, 2.45) is 5.92 Å². The third-order valence-corrected chi connectivity index (χ3v) is 6.47. The lowest BCUT2D eigenvalue weighted by Crippen LogP contribution is -2.34. The molecule has 1 fully saturated rings. The van der Waals surface area contributed by atoms with Gasteiger partial charge in [0.1, 0.15) is 0 Å². The van der Waals surface area contributed by atoms with Crippen LogP contribution in [-0.4, -0.2) is 38.9 Å². The molecular weight excluding hydrogens is 372 g/mol. The first kappa shape index (κ1) is 21.0. The molecule has 0 aliphatic carbocycles. The zero-order valence-corrected chi connectivity index (χ0v) is 18.5. The molecule has 3 aromatic rings. The Balaban J connectivity index is 1.45. The molecule has 0 amide bonds. The van der Waals surface area contributed by atoms with Crippen molar-refractivity contribution in [3.63, 3.8) is 0 Å². The molecule has 2 N–H and O–H groups in total. The lowest BCUT2D eigenvalue weighted by molar-refractivity contribution is 0.0813. The highest BCUT2D eigenvalue weighted by Gasteiger charge is 2.21. The lowest BCUT2D eigenvalue weighted by atomic mass is 9.89. The van der Waals surface area contributed by atoms with Crippen LogP contribution in [0.1, 0.15) is 60.0 Å². The van der Waals surface area contributed by atoms with Crippen LogP contribution in [0.2, 0.25) is 0 Å². The molecule has 5 nitrogen and oxygen atoms in total. The Morgan fingerprint density at radius 2 is 1.83 bits per heavy atom. The van der Waals surface area contributed by atoms with E-state index in [0.717, 1.165) is 74.3 Å². The largest absolute Gasteiger partial charge is 0.393 e. The Morgan fingerprint density at radius 3 is 2.53 bits per heavy atom. The van der Waals surface area contributed by atoms with E-state index in [9.17, 15) is 5.11 Å². The fourth-order valence-electron chi connectivity index (χ4n) is 4.68. The summed E-state index contributed by atoms with van der Waals surface area (Å²) in [4.78, 5) is 4.78. The molecule has 1 atom stereocenters. The maximum absolute atomic E-state index is 10.5. The Morgan fingerprint density at radius 1 is 1.13 bits per heavy atom. The van der Waals surface area contributed by atoms with Crippen LogP contribution < -0.4 is 5.32 Å². The lowest BCUT2D eigenvalue weighted by Gasteiger charge is -2.27. The number of nitrogens with zero attached hydrogens (tertiary/aromatic N) is 3. The highest BCUT2D eigenvalue weighted by Crippen LogP contribution is 2.23. The molecule has 30 heavy (non-hydrogen) atoms. The van der Waals surface area contributed by atoms with Gasteiger partial charge in [0.2, 0.25) is 0 Å². The number of aromatic nitrogens is 3. The van der Waals surface area contributed by atoms with Crippen LogP contribution in [0.25, 0.3) is 5.65 Å². The van der Waals surface area contributed by atoms with E-state index in [1.807, 2.05) is 11.4 Å². The molecule has 160 valence electrons. The topological polar surface area (TPSA) is 62.5 Å². The van der Waals surface area contributed by atoms with Crippen LogP contribution in [0.15, 0.2) is 30.3 Å². The zero-order chi connectivity index (χ0) is 21.1. The third kappa shape index (κ3) is 4.57. The van der Waals surface area contributed by atoms with E-state index < -0.39 is 0 Å². The van der Waals surface area contributed by atoms with E-state index in [2.05, 4.69) is 49.5 Å². The van der Waals surface area contributed by atoms with Crippen molar-refractivity contribution in [2.75, 3.05) is 13.1 Å². The molecule has 4 rings (SSSR count). The molecule has 2 aromatic heterocycles. The van der Waals surface area contributed by atoms with E-state index >= 15 is 0 Å². The predicted molar refractivity (Wildman–Crippen MR) is 121 cm³/mol. The second-order valence-electron chi connectivity index (χ2n) is 8.74. The molecule has 5 heteroatoms. The minimum absolute atomic E-state index is 0.185. The van der Waals surface area contributed by atoms with E-state index in [0.29, 0.717) is 5.92 Å². The van der Waals surface area contributed by atoms with E-state index in [1.165, 1.54) is 16.7 Å². The maximum Gasteiger partial charge on any atom is 0.159 e. The SMILES string of the molecule is CCc1nn2c(C)cc(C)nc2c1Cc1ccc(CCC(O)C2CCNCC2)cc1. The summed E-state index contributed by atoms with van der Waals surface area (Å²) in [5.74, 6) is 0.452. The molecule has 1 unspecified atom stereocenters. The van der Waals surface area contributed by atoms with Gasteiger partial charge in [0.25, 0.3) is 0 Å². The van der Waals surface area contributed by atoms with Gasteiger partial charge in [-0.3, -0.25) is 0 Å². The number of nitrogens with one attached hydrogen (secondary N) is 1. The van der Waals surface area contributed by atoms with Crippen molar-refractivity contribution in [2.45, 2.75) is 65.4 Å². The average Bonchev–Trinajstić information content (AvgIpc) is 3.11. The molecule has 1 saturated heterocycles. The first-order valence-electron chi connectivity index (χ1n) is 11.4. The van der Waals surface area contributed by atoms with Gasteiger partial charge in [0, 0.05) is 23.4 Å². The van der Waals surface area contributed by atoms with Crippen molar-refractivity contribution >= 4 is 5.65 Å². The summed E-state index contributed by atoms with van der Waals surface area (Å²) in [7, 11) is 0. The van der Waals surface area contributed by atoms with Gasteiger partial charge < -0.3 is 10.4 Å². The van der Waals surface area contributed by atoms with Crippen LogP contribution >= 0.6 is 0 Å². The predicted octanol–water partition coefficient (Wildman–Crippen LogP) is 3.79. The number of aliphatic hydroxyl groups is 1. The van der Waals surface area contributed by atoms with Crippen molar-refractivity contribution < 1.29 is 5.11 Å². The van der Waals surface area contributed by atoms with Crippen molar-refractivity contribution in [3.05, 3.63) is 64.1 Å². The minimum Gasteiger partial charge on any atom is -0.393 e. The number of hydrogen-bond donors (Lipinski definition) is 2. The Hall–Kier alpha value is -2.24. The smallest absolute Gasteiger partial charge is 0.159 e. The molecule has 0 radical (unpaired) electrons. The Bertz CT molecular complexity index is 987. The monoisotopic (exact) mass is 406 g/mol. The van der Waals surface area contributed by atoms with E-state index in [1.54, 1.807) is 0 Å². The van der Waals surface area contributed by atoms with Gasteiger partial charge in [0.15, 0.2) is 5.65 Å². The molecule has 1 aliphatic heterocycles. The summed E-state index contributed by atoms with van der Waals surface area (Å²) in [6, 6.07) is 10.9. The average molecular weight is 407 g/mol. The van der Waals surface area contributed by atoms with Crippen molar-refractivity contribution in [1.82, 2.24) is 19.9 Å². The Labute approximate surface area is 179 Å². The molecule has 3 heterocycles. The van der Waals surface area contributed by atoms with Gasteiger partial charge >= 0.3 is 0 Å². The molecule has 1 aliphatic rings. The number of fused-ring (bicyclic) bond motifs is 1. The number of benzene rings is 1. The number of aryl methyl sites for hydroxylation is 4.